The number of ether oxygens (including phenoxy) is 1. The van der Waals surface area contributed by atoms with Crippen LogP contribution < -0.4 is 4.74 Å². The van der Waals surface area contributed by atoms with Gasteiger partial charge in [0.2, 0.25) is 0 Å². The minimum atomic E-state index is -0.607. The molecule has 0 aliphatic carbocycles. The van der Waals surface area contributed by atoms with E-state index in [4.69, 9.17) is 4.74 Å². The lowest BCUT2D eigenvalue weighted by Gasteiger charge is -2.11. The zero-order valence-corrected chi connectivity index (χ0v) is 11.1. The third-order valence-electron chi connectivity index (χ3n) is 2.30. The summed E-state index contributed by atoms with van der Waals surface area (Å²) >= 11 is 4.95. The van der Waals surface area contributed by atoms with E-state index in [9.17, 15) is 5.11 Å². The molecule has 0 amide bonds. The maximum Gasteiger partial charge on any atom is 0.119 e. The van der Waals surface area contributed by atoms with Crippen LogP contribution in [0.2, 0.25) is 0 Å². The molecule has 0 spiro atoms. The van der Waals surface area contributed by atoms with Crippen LogP contribution in [0.3, 0.4) is 0 Å². The Labute approximate surface area is 107 Å². The number of hydrogen-bond donors (Lipinski definition) is 1. The van der Waals surface area contributed by atoms with Crippen molar-refractivity contribution in [3.8, 4) is 5.75 Å². The molecule has 1 aromatic carbocycles. The lowest BCUT2D eigenvalue weighted by atomic mass is 10.1. The van der Waals surface area contributed by atoms with Crippen molar-refractivity contribution in [1.82, 2.24) is 0 Å². The highest BCUT2D eigenvalue weighted by molar-refractivity contribution is 9.10. The van der Waals surface area contributed by atoms with Crippen molar-refractivity contribution in [1.29, 1.82) is 0 Å². The van der Waals surface area contributed by atoms with Crippen molar-refractivity contribution in [2.75, 3.05) is 7.11 Å². The standard InChI is InChI=1S/C12H11BrO2S/c1-15-9-4-2-3-8(7-9)11(14)12-10(13)5-6-16-12/h2-7,11,14H,1H3. The summed E-state index contributed by atoms with van der Waals surface area (Å²) in [7, 11) is 1.62. The average molecular weight is 299 g/mol. The first kappa shape index (κ1) is 11.6. The highest BCUT2D eigenvalue weighted by atomic mass is 79.9. The number of hydrogen-bond acceptors (Lipinski definition) is 3. The Morgan fingerprint density at radius 3 is 2.81 bits per heavy atom. The molecule has 2 rings (SSSR count). The van der Waals surface area contributed by atoms with Crippen LogP contribution in [0.25, 0.3) is 0 Å². The molecule has 4 heteroatoms. The summed E-state index contributed by atoms with van der Waals surface area (Å²) in [6.45, 7) is 0. The first-order chi connectivity index (χ1) is 7.72. The topological polar surface area (TPSA) is 29.5 Å². The Morgan fingerprint density at radius 1 is 1.38 bits per heavy atom. The molecule has 1 N–H and O–H groups in total. The van der Waals surface area contributed by atoms with E-state index < -0.39 is 6.10 Å². The number of benzene rings is 1. The van der Waals surface area contributed by atoms with Gasteiger partial charge in [0.05, 0.1) is 12.0 Å². The van der Waals surface area contributed by atoms with E-state index in [0.717, 1.165) is 20.7 Å². The summed E-state index contributed by atoms with van der Waals surface area (Å²) < 4.78 is 6.07. The highest BCUT2D eigenvalue weighted by Gasteiger charge is 2.15. The van der Waals surface area contributed by atoms with Crippen LogP contribution in [0.1, 0.15) is 16.5 Å². The van der Waals surface area contributed by atoms with Crippen LogP contribution in [0.5, 0.6) is 5.75 Å². The second kappa shape index (κ2) is 4.99. The maximum absolute atomic E-state index is 10.2. The van der Waals surface area contributed by atoms with Gasteiger partial charge in [-0.3, -0.25) is 0 Å². The molecule has 1 atom stereocenters. The fourth-order valence-corrected chi connectivity index (χ4v) is 3.06. The molecule has 0 radical (unpaired) electrons. The third kappa shape index (κ3) is 2.29. The summed E-state index contributed by atoms with van der Waals surface area (Å²) in [6, 6.07) is 9.40. The van der Waals surface area contributed by atoms with Gasteiger partial charge in [-0.1, -0.05) is 12.1 Å². The monoisotopic (exact) mass is 298 g/mol. The van der Waals surface area contributed by atoms with Crippen LogP contribution in [0, 0.1) is 0 Å². The number of thiophene rings is 1. The van der Waals surface area contributed by atoms with Crippen LogP contribution in [-0.4, -0.2) is 12.2 Å². The van der Waals surface area contributed by atoms with E-state index in [-0.39, 0.29) is 0 Å². The largest absolute Gasteiger partial charge is 0.497 e. The quantitative estimate of drug-likeness (QED) is 0.938. The molecule has 0 bridgehead atoms. The Morgan fingerprint density at radius 2 is 2.19 bits per heavy atom. The second-order valence-electron chi connectivity index (χ2n) is 3.31. The van der Waals surface area contributed by atoms with Crippen molar-refractivity contribution < 1.29 is 9.84 Å². The van der Waals surface area contributed by atoms with Crippen molar-refractivity contribution in [3.05, 3.63) is 50.6 Å². The minimum absolute atomic E-state index is 0.607. The van der Waals surface area contributed by atoms with Gasteiger partial charge in [0.1, 0.15) is 11.9 Å². The summed E-state index contributed by atoms with van der Waals surface area (Å²) in [6.07, 6.45) is -0.607. The average Bonchev–Trinajstić information content (AvgIpc) is 2.74. The smallest absolute Gasteiger partial charge is 0.119 e. The SMILES string of the molecule is COc1cccc(C(O)c2sccc2Br)c1. The van der Waals surface area contributed by atoms with Crippen LogP contribution in [0.15, 0.2) is 40.2 Å². The number of aliphatic hydroxyl groups is 1. The predicted molar refractivity (Wildman–Crippen MR) is 69.1 cm³/mol. The van der Waals surface area contributed by atoms with Crippen molar-refractivity contribution in [2.24, 2.45) is 0 Å². The minimum Gasteiger partial charge on any atom is -0.497 e. The molecule has 2 nitrogen and oxygen atoms in total. The summed E-state index contributed by atoms with van der Waals surface area (Å²) in [5.41, 5.74) is 0.836. The lowest BCUT2D eigenvalue weighted by molar-refractivity contribution is 0.223. The number of rotatable bonds is 3. The van der Waals surface area contributed by atoms with Gasteiger partial charge in [0.15, 0.2) is 0 Å². The fourth-order valence-electron chi connectivity index (χ4n) is 1.46. The highest BCUT2D eigenvalue weighted by Crippen LogP contribution is 2.33. The van der Waals surface area contributed by atoms with Crippen molar-refractivity contribution in [2.45, 2.75) is 6.10 Å². The molecule has 0 fully saturated rings. The van der Waals surface area contributed by atoms with Gasteiger partial charge in [-0.25, -0.2) is 0 Å². The van der Waals surface area contributed by atoms with Gasteiger partial charge in [-0.2, -0.15) is 0 Å². The molecule has 1 heterocycles. The van der Waals surface area contributed by atoms with E-state index in [1.54, 1.807) is 7.11 Å². The Bertz CT molecular complexity index is 481. The summed E-state index contributed by atoms with van der Waals surface area (Å²) in [5, 5.41) is 12.2. The summed E-state index contributed by atoms with van der Waals surface area (Å²) in [5.74, 6) is 0.754. The molecular formula is C12H11BrO2S. The third-order valence-corrected chi connectivity index (χ3v) is 4.23. The number of halogens is 1. The van der Waals surface area contributed by atoms with Crippen LogP contribution in [-0.2, 0) is 0 Å². The first-order valence-electron chi connectivity index (χ1n) is 4.77. The predicted octanol–water partition coefficient (Wildman–Crippen LogP) is 3.60. The second-order valence-corrected chi connectivity index (χ2v) is 5.11. The van der Waals surface area contributed by atoms with E-state index >= 15 is 0 Å². The van der Waals surface area contributed by atoms with E-state index in [1.807, 2.05) is 35.7 Å². The Kier molecular flexibility index (Phi) is 3.63. The summed E-state index contributed by atoms with van der Waals surface area (Å²) in [4.78, 5) is 0.910. The number of aliphatic hydroxyl groups excluding tert-OH is 1. The first-order valence-corrected chi connectivity index (χ1v) is 6.44. The molecule has 0 saturated carbocycles. The van der Waals surface area contributed by atoms with Gasteiger partial charge >= 0.3 is 0 Å². The van der Waals surface area contributed by atoms with Crippen molar-refractivity contribution in [3.63, 3.8) is 0 Å². The van der Waals surface area contributed by atoms with E-state index in [2.05, 4.69) is 15.9 Å². The normalized spacial score (nSPS) is 12.4. The van der Waals surface area contributed by atoms with Crippen LogP contribution >= 0.6 is 27.3 Å². The van der Waals surface area contributed by atoms with Gasteiger partial charge < -0.3 is 9.84 Å². The molecule has 0 aliphatic heterocycles. The Balaban J connectivity index is 2.33. The van der Waals surface area contributed by atoms with E-state index in [1.165, 1.54) is 11.3 Å². The lowest BCUT2D eigenvalue weighted by Crippen LogP contribution is -1.98. The molecule has 84 valence electrons. The van der Waals surface area contributed by atoms with Gasteiger partial charge in [-0.05, 0) is 45.1 Å². The van der Waals surface area contributed by atoms with Gasteiger partial charge in [-0.15, -0.1) is 11.3 Å². The molecule has 1 aromatic heterocycles. The fraction of sp³-hybridized carbons (Fsp3) is 0.167. The molecule has 1 unspecified atom stereocenters. The van der Waals surface area contributed by atoms with Gasteiger partial charge in [0, 0.05) is 4.47 Å². The molecule has 0 aliphatic rings. The van der Waals surface area contributed by atoms with Crippen molar-refractivity contribution >= 4 is 27.3 Å². The molecule has 16 heavy (non-hydrogen) atoms. The Hall–Kier alpha value is -0.840. The zero-order chi connectivity index (χ0) is 11.5. The van der Waals surface area contributed by atoms with Crippen LogP contribution in [0.4, 0.5) is 0 Å². The molecule has 2 aromatic rings. The number of methoxy groups -OCH3 is 1. The molecule has 0 saturated heterocycles. The van der Waals surface area contributed by atoms with Gasteiger partial charge in [0.25, 0.3) is 0 Å². The zero-order valence-electron chi connectivity index (χ0n) is 8.68. The molecular weight excluding hydrogens is 288 g/mol. The maximum atomic E-state index is 10.2. The van der Waals surface area contributed by atoms with E-state index in [0.29, 0.717) is 0 Å².